The highest BCUT2D eigenvalue weighted by Gasteiger charge is 2.03. The maximum Gasteiger partial charge on any atom is 0.243 e. The van der Waals surface area contributed by atoms with Crippen molar-refractivity contribution in [2.45, 2.75) is 13.5 Å². The van der Waals surface area contributed by atoms with E-state index in [9.17, 15) is 0 Å². The smallest absolute Gasteiger partial charge is 0.243 e. The lowest BCUT2D eigenvalue weighted by Gasteiger charge is -1.96. The Hall–Kier alpha value is -2.37. The van der Waals surface area contributed by atoms with Gasteiger partial charge in [0.05, 0.1) is 6.54 Å². The van der Waals surface area contributed by atoms with Gasteiger partial charge in [-0.15, -0.1) is 5.10 Å². The molecule has 0 aromatic carbocycles. The highest BCUT2D eigenvalue weighted by atomic mass is 15.3. The van der Waals surface area contributed by atoms with Crippen molar-refractivity contribution in [1.82, 2.24) is 24.6 Å². The second-order valence-corrected chi connectivity index (χ2v) is 3.83. The molecule has 2 N–H and O–H groups in total. The molecular formula is C11H12N6. The molecular weight excluding hydrogens is 216 g/mol. The molecule has 0 spiro atoms. The summed E-state index contributed by atoms with van der Waals surface area (Å²) in [5.74, 6) is 1.46. The van der Waals surface area contributed by atoms with Gasteiger partial charge in [0, 0.05) is 18.6 Å². The number of aromatic nitrogens is 5. The molecule has 0 unspecified atom stereocenters. The van der Waals surface area contributed by atoms with Crippen molar-refractivity contribution < 1.29 is 0 Å². The molecule has 3 heterocycles. The Morgan fingerprint density at radius 2 is 2.35 bits per heavy atom. The minimum Gasteiger partial charge on any atom is -0.347 e. The van der Waals surface area contributed by atoms with Crippen LogP contribution in [0.2, 0.25) is 0 Å². The predicted molar refractivity (Wildman–Crippen MR) is 63.6 cm³/mol. The molecule has 86 valence electrons. The minimum absolute atomic E-state index is 0.586. The van der Waals surface area contributed by atoms with Crippen molar-refractivity contribution in [3.63, 3.8) is 0 Å². The number of rotatable bonds is 3. The summed E-state index contributed by atoms with van der Waals surface area (Å²) < 4.78 is 1.76. The summed E-state index contributed by atoms with van der Waals surface area (Å²) in [6.07, 6.45) is 5.45. The molecule has 0 fully saturated rings. The third-order valence-electron chi connectivity index (χ3n) is 2.45. The lowest BCUT2D eigenvalue weighted by Crippen LogP contribution is -2.02. The molecule has 0 saturated carbocycles. The topological polar surface area (TPSA) is 70.9 Å². The van der Waals surface area contributed by atoms with Crippen molar-refractivity contribution in [2.24, 2.45) is 0 Å². The molecule has 0 aliphatic carbocycles. The number of hydrogen-bond acceptors (Lipinski definition) is 4. The van der Waals surface area contributed by atoms with Gasteiger partial charge in [-0.2, -0.15) is 4.98 Å². The Balaban J connectivity index is 1.81. The van der Waals surface area contributed by atoms with Crippen molar-refractivity contribution in [3.05, 3.63) is 42.1 Å². The van der Waals surface area contributed by atoms with Crippen molar-refractivity contribution in [3.8, 4) is 0 Å². The molecule has 0 radical (unpaired) electrons. The summed E-state index contributed by atoms with van der Waals surface area (Å²) in [7, 11) is 0. The van der Waals surface area contributed by atoms with Crippen LogP contribution in [0.25, 0.3) is 5.65 Å². The van der Waals surface area contributed by atoms with Gasteiger partial charge in [0.2, 0.25) is 5.95 Å². The molecule has 0 saturated heterocycles. The summed E-state index contributed by atoms with van der Waals surface area (Å²) in [6, 6.07) is 3.96. The summed E-state index contributed by atoms with van der Waals surface area (Å²) in [4.78, 5) is 11.5. The fourth-order valence-corrected chi connectivity index (χ4v) is 1.62. The van der Waals surface area contributed by atoms with Crippen LogP contribution < -0.4 is 5.32 Å². The van der Waals surface area contributed by atoms with E-state index in [1.54, 1.807) is 16.9 Å². The van der Waals surface area contributed by atoms with Crippen molar-refractivity contribution >= 4 is 11.6 Å². The maximum absolute atomic E-state index is 4.35. The second-order valence-electron chi connectivity index (χ2n) is 3.83. The van der Waals surface area contributed by atoms with Gasteiger partial charge in [0.25, 0.3) is 0 Å². The van der Waals surface area contributed by atoms with Gasteiger partial charge in [-0.25, -0.2) is 9.50 Å². The van der Waals surface area contributed by atoms with Crippen LogP contribution in [0, 0.1) is 6.92 Å². The van der Waals surface area contributed by atoms with Crippen LogP contribution in [-0.4, -0.2) is 24.6 Å². The van der Waals surface area contributed by atoms with E-state index in [1.165, 1.54) is 0 Å². The van der Waals surface area contributed by atoms with Crippen molar-refractivity contribution in [1.29, 1.82) is 0 Å². The second kappa shape index (κ2) is 3.89. The van der Waals surface area contributed by atoms with Crippen LogP contribution in [0.4, 0.5) is 5.95 Å². The molecule has 0 aliphatic rings. The average Bonchev–Trinajstić information content (AvgIpc) is 2.94. The number of pyridine rings is 1. The number of H-pyrrole nitrogens is 1. The number of hydrogen-bond donors (Lipinski definition) is 2. The van der Waals surface area contributed by atoms with Crippen LogP contribution >= 0.6 is 0 Å². The van der Waals surface area contributed by atoms with Crippen LogP contribution in [0.3, 0.4) is 0 Å². The Morgan fingerprint density at radius 3 is 3.18 bits per heavy atom. The molecule has 3 rings (SSSR count). The van der Waals surface area contributed by atoms with Crippen LogP contribution in [0.15, 0.2) is 30.7 Å². The van der Waals surface area contributed by atoms with E-state index in [0.29, 0.717) is 12.5 Å². The first-order valence-corrected chi connectivity index (χ1v) is 5.36. The fourth-order valence-electron chi connectivity index (χ4n) is 1.62. The largest absolute Gasteiger partial charge is 0.347 e. The van der Waals surface area contributed by atoms with E-state index in [4.69, 9.17) is 0 Å². The fraction of sp³-hybridized carbons (Fsp3) is 0.182. The monoisotopic (exact) mass is 228 g/mol. The third kappa shape index (κ3) is 1.96. The summed E-state index contributed by atoms with van der Waals surface area (Å²) in [6.45, 7) is 2.61. The number of imidazole rings is 1. The third-order valence-corrected chi connectivity index (χ3v) is 2.45. The standard InChI is InChI=1S/C11H12N6/c1-8-2-3-10-15-11(16-17(10)7-8)14-6-9-12-4-5-13-9/h2-5,7H,6H2,1H3,(H,12,13)(H,14,16). The molecule has 0 bridgehead atoms. The van der Waals surface area contributed by atoms with Gasteiger partial charge < -0.3 is 10.3 Å². The zero-order valence-corrected chi connectivity index (χ0v) is 9.38. The summed E-state index contributed by atoms with van der Waals surface area (Å²) in [5.41, 5.74) is 1.98. The van der Waals surface area contributed by atoms with E-state index in [0.717, 1.165) is 17.0 Å². The van der Waals surface area contributed by atoms with Gasteiger partial charge >= 0.3 is 0 Å². The highest BCUT2D eigenvalue weighted by Crippen LogP contribution is 2.07. The number of fused-ring (bicyclic) bond motifs is 1. The number of aromatic amines is 1. The zero-order chi connectivity index (χ0) is 11.7. The Bertz CT molecular complexity index is 625. The van der Waals surface area contributed by atoms with E-state index < -0.39 is 0 Å². The Labute approximate surface area is 97.7 Å². The normalized spacial score (nSPS) is 10.9. The summed E-state index contributed by atoms with van der Waals surface area (Å²) >= 11 is 0. The Kier molecular flexibility index (Phi) is 2.25. The first-order valence-electron chi connectivity index (χ1n) is 5.36. The van der Waals surface area contributed by atoms with Gasteiger partial charge in [-0.1, -0.05) is 6.07 Å². The number of aryl methyl sites for hydroxylation is 1. The molecule has 17 heavy (non-hydrogen) atoms. The molecule has 6 heteroatoms. The van der Waals surface area contributed by atoms with Gasteiger partial charge in [0.1, 0.15) is 5.82 Å². The first kappa shape index (κ1) is 9.83. The van der Waals surface area contributed by atoms with Crippen molar-refractivity contribution in [2.75, 3.05) is 5.32 Å². The molecule has 0 atom stereocenters. The lowest BCUT2D eigenvalue weighted by molar-refractivity contribution is 0.926. The summed E-state index contributed by atoms with van der Waals surface area (Å²) in [5, 5.41) is 7.44. The van der Waals surface area contributed by atoms with Gasteiger partial charge in [-0.05, 0) is 18.6 Å². The predicted octanol–water partition coefficient (Wildman–Crippen LogP) is 1.37. The number of nitrogens with zero attached hydrogens (tertiary/aromatic N) is 4. The minimum atomic E-state index is 0.586. The van der Waals surface area contributed by atoms with Gasteiger partial charge in [-0.3, -0.25) is 0 Å². The van der Waals surface area contributed by atoms with Crippen LogP contribution in [-0.2, 0) is 6.54 Å². The average molecular weight is 228 g/mol. The van der Waals surface area contributed by atoms with Crippen LogP contribution in [0.1, 0.15) is 11.4 Å². The maximum atomic E-state index is 4.35. The highest BCUT2D eigenvalue weighted by molar-refractivity contribution is 5.44. The van der Waals surface area contributed by atoms with Crippen LogP contribution in [0.5, 0.6) is 0 Å². The zero-order valence-electron chi connectivity index (χ0n) is 9.38. The molecule has 6 nitrogen and oxygen atoms in total. The number of anilines is 1. The first-order chi connectivity index (χ1) is 8.31. The number of nitrogens with one attached hydrogen (secondary N) is 2. The van der Waals surface area contributed by atoms with E-state index in [-0.39, 0.29) is 0 Å². The molecule has 3 aromatic heterocycles. The van der Waals surface area contributed by atoms with E-state index >= 15 is 0 Å². The molecule has 0 aliphatic heterocycles. The quantitative estimate of drug-likeness (QED) is 0.710. The van der Waals surface area contributed by atoms with Gasteiger partial charge in [0.15, 0.2) is 5.65 Å². The SMILES string of the molecule is Cc1ccc2nc(NCc3ncc[nH]3)nn2c1. The lowest BCUT2D eigenvalue weighted by atomic mass is 10.3. The van der Waals surface area contributed by atoms with E-state index in [1.807, 2.05) is 25.3 Å². The van der Waals surface area contributed by atoms with E-state index in [2.05, 4.69) is 25.4 Å². The Morgan fingerprint density at radius 1 is 1.41 bits per heavy atom. The molecule has 3 aromatic rings. The molecule has 0 amide bonds.